The number of unbranched alkanes of at least 4 members (excludes halogenated alkanes) is 1. The summed E-state index contributed by atoms with van der Waals surface area (Å²) in [6.45, 7) is 4.76. The smallest absolute Gasteiger partial charge is 0.0646 e. The lowest BCUT2D eigenvalue weighted by atomic mass is 10.0. The first-order chi connectivity index (χ1) is 5.77. The molecule has 0 bridgehead atoms. The summed E-state index contributed by atoms with van der Waals surface area (Å²) in [6, 6.07) is 2.13. The molecule has 1 unspecified atom stereocenters. The van der Waals surface area contributed by atoms with E-state index in [9.17, 15) is 0 Å². The molecule has 1 saturated heterocycles. The van der Waals surface area contributed by atoms with Gasteiger partial charge in [-0.05, 0) is 26.3 Å². The van der Waals surface area contributed by atoms with E-state index >= 15 is 0 Å². The van der Waals surface area contributed by atoms with Crippen LogP contribution in [0.25, 0.3) is 0 Å². The van der Waals surface area contributed by atoms with Crippen LogP contribution in [0.4, 0.5) is 0 Å². The van der Waals surface area contributed by atoms with Crippen molar-refractivity contribution in [1.29, 1.82) is 5.26 Å². The highest BCUT2D eigenvalue weighted by Gasteiger charge is 2.28. The molecule has 1 N–H and O–H groups in total. The molecule has 0 aliphatic carbocycles. The molecule has 0 amide bonds. The number of ether oxygens (including phenoxy) is 1. The van der Waals surface area contributed by atoms with E-state index in [4.69, 9.17) is 10.00 Å². The maximum absolute atomic E-state index is 8.32. The fourth-order valence-corrected chi connectivity index (χ4v) is 1.36. The highest BCUT2D eigenvalue weighted by molar-refractivity contribution is 4.86. The molecular weight excluding hydrogens is 152 g/mol. The number of nitriles is 1. The summed E-state index contributed by atoms with van der Waals surface area (Å²) in [7, 11) is 0. The first kappa shape index (κ1) is 9.50. The third-order valence-electron chi connectivity index (χ3n) is 2.24. The van der Waals surface area contributed by atoms with Crippen molar-refractivity contribution >= 4 is 0 Å². The Hall–Kier alpha value is -0.590. The van der Waals surface area contributed by atoms with Crippen LogP contribution in [-0.4, -0.2) is 25.3 Å². The molecule has 0 aromatic heterocycles. The summed E-state index contributed by atoms with van der Waals surface area (Å²) in [6.07, 6.45) is 2.66. The minimum atomic E-state index is 0.162. The fraction of sp³-hybridized carbons (Fsp3) is 0.889. The van der Waals surface area contributed by atoms with Crippen LogP contribution in [0.15, 0.2) is 0 Å². The summed E-state index contributed by atoms with van der Waals surface area (Å²) in [5.41, 5.74) is 0.162. The van der Waals surface area contributed by atoms with Crippen molar-refractivity contribution in [1.82, 2.24) is 5.32 Å². The van der Waals surface area contributed by atoms with Crippen molar-refractivity contribution in [3.8, 4) is 6.07 Å². The molecule has 0 radical (unpaired) electrons. The second-order valence-corrected chi connectivity index (χ2v) is 3.55. The van der Waals surface area contributed by atoms with E-state index in [0.29, 0.717) is 6.42 Å². The Morgan fingerprint density at radius 2 is 2.50 bits per heavy atom. The van der Waals surface area contributed by atoms with Gasteiger partial charge in [-0.25, -0.2) is 0 Å². The average Bonchev–Trinajstić information content (AvgIpc) is 2.47. The SMILES string of the molecule is CC1(NCCCC#N)CCOC1. The Morgan fingerprint density at radius 1 is 1.67 bits per heavy atom. The zero-order chi connectivity index (χ0) is 8.86. The maximum atomic E-state index is 8.32. The average molecular weight is 168 g/mol. The molecular formula is C9H16N2O. The van der Waals surface area contributed by atoms with Crippen LogP contribution >= 0.6 is 0 Å². The summed E-state index contributed by atoms with van der Waals surface area (Å²) < 4.78 is 5.29. The zero-order valence-electron chi connectivity index (χ0n) is 7.60. The van der Waals surface area contributed by atoms with E-state index in [2.05, 4.69) is 18.3 Å². The van der Waals surface area contributed by atoms with Crippen LogP contribution in [-0.2, 0) is 4.74 Å². The van der Waals surface area contributed by atoms with Gasteiger partial charge in [0.2, 0.25) is 0 Å². The summed E-state index contributed by atoms with van der Waals surface area (Å²) in [5, 5.41) is 11.7. The summed E-state index contributed by atoms with van der Waals surface area (Å²) in [5.74, 6) is 0. The van der Waals surface area contributed by atoms with E-state index in [0.717, 1.165) is 32.6 Å². The quantitative estimate of drug-likeness (QED) is 0.638. The lowest BCUT2D eigenvalue weighted by Gasteiger charge is -2.23. The molecule has 0 aromatic carbocycles. The van der Waals surface area contributed by atoms with Crippen molar-refractivity contribution < 1.29 is 4.74 Å². The number of nitrogens with one attached hydrogen (secondary N) is 1. The molecule has 3 nitrogen and oxygen atoms in total. The lowest BCUT2D eigenvalue weighted by Crippen LogP contribution is -2.43. The molecule has 3 heteroatoms. The molecule has 0 aromatic rings. The van der Waals surface area contributed by atoms with E-state index in [1.807, 2.05) is 0 Å². The molecule has 0 saturated carbocycles. The van der Waals surface area contributed by atoms with Crippen molar-refractivity contribution in [2.75, 3.05) is 19.8 Å². The van der Waals surface area contributed by atoms with Gasteiger partial charge in [0.1, 0.15) is 0 Å². The molecule has 12 heavy (non-hydrogen) atoms. The molecule has 1 atom stereocenters. The van der Waals surface area contributed by atoms with Gasteiger partial charge in [-0.2, -0.15) is 5.26 Å². The van der Waals surface area contributed by atoms with Gasteiger partial charge in [0, 0.05) is 18.6 Å². The van der Waals surface area contributed by atoms with Gasteiger partial charge in [-0.15, -0.1) is 0 Å². The van der Waals surface area contributed by atoms with Crippen LogP contribution in [0.1, 0.15) is 26.2 Å². The lowest BCUT2D eigenvalue weighted by molar-refractivity contribution is 0.172. The van der Waals surface area contributed by atoms with Crippen LogP contribution < -0.4 is 5.32 Å². The van der Waals surface area contributed by atoms with E-state index in [-0.39, 0.29) is 5.54 Å². The predicted octanol–water partition coefficient (Wildman–Crippen LogP) is 1.06. The van der Waals surface area contributed by atoms with Gasteiger partial charge in [-0.1, -0.05) is 0 Å². The third-order valence-corrected chi connectivity index (χ3v) is 2.24. The highest BCUT2D eigenvalue weighted by Crippen LogP contribution is 2.16. The molecule has 1 aliphatic rings. The van der Waals surface area contributed by atoms with Gasteiger partial charge in [0.15, 0.2) is 0 Å². The van der Waals surface area contributed by atoms with E-state index in [1.54, 1.807) is 0 Å². The second-order valence-electron chi connectivity index (χ2n) is 3.55. The van der Waals surface area contributed by atoms with Gasteiger partial charge < -0.3 is 10.1 Å². The van der Waals surface area contributed by atoms with Gasteiger partial charge in [0.25, 0.3) is 0 Å². The number of rotatable bonds is 4. The summed E-state index contributed by atoms with van der Waals surface area (Å²) >= 11 is 0. The Bertz CT molecular complexity index is 168. The Labute approximate surface area is 73.7 Å². The van der Waals surface area contributed by atoms with Gasteiger partial charge >= 0.3 is 0 Å². The van der Waals surface area contributed by atoms with Crippen molar-refractivity contribution in [2.24, 2.45) is 0 Å². The van der Waals surface area contributed by atoms with Crippen LogP contribution in [0.5, 0.6) is 0 Å². The van der Waals surface area contributed by atoms with Gasteiger partial charge in [0.05, 0.1) is 12.7 Å². The molecule has 1 rings (SSSR count). The van der Waals surface area contributed by atoms with Crippen LogP contribution in [0.2, 0.25) is 0 Å². The zero-order valence-corrected chi connectivity index (χ0v) is 7.60. The first-order valence-electron chi connectivity index (χ1n) is 4.47. The van der Waals surface area contributed by atoms with Crippen LogP contribution in [0.3, 0.4) is 0 Å². The molecule has 68 valence electrons. The van der Waals surface area contributed by atoms with E-state index < -0.39 is 0 Å². The topological polar surface area (TPSA) is 45.0 Å². The number of nitrogens with zero attached hydrogens (tertiary/aromatic N) is 1. The molecule has 1 heterocycles. The van der Waals surface area contributed by atoms with Crippen LogP contribution in [0, 0.1) is 11.3 Å². The maximum Gasteiger partial charge on any atom is 0.0646 e. The van der Waals surface area contributed by atoms with Crippen molar-refractivity contribution in [3.05, 3.63) is 0 Å². The molecule has 1 fully saturated rings. The Morgan fingerprint density at radius 3 is 3.08 bits per heavy atom. The summed E-state index contributed by atoms with van der Waals surface area (Å²) in [4.78, 5) is 0. The Balaban J connectivity index is 2.09. The first-order valence-corrected chi connectivity index (χ1v) is 4.47. The number of hydrogen-bond acceptors (Lipinski definition) is 3. The Kier molecular flexibility index (Phi) is 3.51. The normalized spacial score (nSPS) is 28.7. The standard InChI is InChI=1S/C9H16N2O/c1-9(4-7-12-8-9)11-6-3-2-5-10/h11H,2-4,6-8H2,1H3. The molecule has 1 aliphatic heterocycles. The third kappa shape index (κ3) is 2.80. The second kappa shape index (κ2) is 4.44. The number of hydrogen-bond donors (Lipinski definition) is 1. The monoisotopic (exact) mass is 168 g/mol. The van der Waals surface area contributed by atoms with E-state index in [1.165, 1.54) is 0 Å². The highest BCUT2D eigenvalue weighted by atomic mass is 16.5. The van der Waals surface area contributed by atoms with Crippen molar-refractivity contribution in [3.63, 3.8) is 0 Å². The van der Waals surface area contributed by atoms with Crippen molar-refractivity contribution in [2.45, 2.75) is 31.7 Å². The largest absolute Gasteiger partial charge is 0.379 e. The van der Waals surface area contributed by atoms with Gasteiger partial charge in [-0.3, -0.25) is 0 Å². The fourth-order valence-electron chi connectivity index (χ4n) is 1.36. The molecule has 0 spiro atoms. The predicted molar refractivity (Wildman–Crippen MR) is 46.7 cm³/mol. The minimum Gasteiger partial charge on any atom is -0.379 e. The minimum absolute atomic E-state index is 0.162.